The summed E-state index contributed by atoms with van der Waals surface area (Å²) in [5, 5.41) is 4.82. The van der Waals surface area contributed by atoms with Gasteiger partial charge in [-0.3, -0.25) is 0 Å². The van der Waals surface area contributed by atoms with Crippen molar-refractivity contribution in [3.8, 4) is 11.3 Å². The monoisotopic (exact) mass is 332 g/mol. The van der Waals surface area contributed by atoms with E-state index < -0.39 is 0 Å². The molecule has 0 spiro atoms. The van der Waals surface area contributed by atoms with Crippen LogP contribution in [0.3, 0.4) is 0 Å². The van der Waals surface area contributed by atoms with E-state index in [0.717, 1.165) is 23.6 Å². The van der Waals surface area contributed by atoms with Crippen LogP contribution < -0.4 is 5.32 Å². The summed E-state index contributed by atoms with van der Waals surface area (Å²) in [5.41, 5.74) is 5.69. The predicted octanol–water partition coefficient (Wildman–Crippen LogP) is 4.30. The third kappa shape index (κ3) is 2.37. The average molecular weight is 332 g/mol. The molecule has 0 unspecified atom stereocenters. The molecule has 2 aromatic heterocycles. The number of nitrogens with zero attached hydrogens (tertiary/aromatic N) is 2. The Kier molecular flexibility index (Phi) is 3.32. The molecule has 4 heteroatoms. The lowest BCUT2D eigenvalue weighted by Crippen LogP contribution is -2.48. The van der Waals surface area contributed by atoms with E-state index in [2.05, 4.69) is 72.5 Å². The Morgan fingerprint density at radius 2 is 1.96 bits per heavy atom. The maximum Gasteiger partial charge on any atom is 0.0985 e. The number of fused-ring (bicyclic) bond motifs is 1. The van der Waals surface area contributed by atoms with E-state index in [4.69, 9.17) is 0 Å². The van der Waals surface area contributed by atoms with Crippen LogP contribution in [0.25, 0.3) is 22.2 Å². The zero-order valence-corrected chi connectivity index (χ0v) is 15.1. The highest BCUT2D eigenvalue weighted by Crippen LogP contribution is 2.38. The molecule has 1 atom stereocenters. The Morgan fingerprint density at radius 1 is 1.16 bits per heavy atom. The highest BCUT2D eigenvalue weighted by molar-refractivity contribution is 5.95. The van der Waals surface area contributed by atoms with Crippen LogP contribution in [0.15, 0.2) is 67.4 Å². The Morgan fingerprint density at radius 3 is 2.64 bits per heavy atom. The van der Waals surface area contributed by atoms with Crippen molar-refractivity contribution in [3.05, 3.63) is 73.0 Å². The molecule has 4 nitrogen and oxygen atoms in total. The van der Waals surface area contributed by atoms with Gasteiger partial charge < -0.3 is 19.8 Å². The van der Waals surface area contributed by atoms with Crippen molar-refractivity contribution in [2.24, 2.45) is 7.05 Å². The molecule has 0 aliphatic carbocycles. The topological polar surface area (TPSA) is 36.0 Å². The number of benzene rings is 1. The van der Waals surface area contributed by atoms with Crippen LogP contribution in [0.2, 0.25) is 0 Å². The largest absolute Gasteiger partial charge is 0.362 e. The molecule has 0 radical (unpaired) electrons. The van der Waals surface area contributed by atoms with Gasteiger partial charge in [0.2, 0.25) is 0 Å². The smallest absolute Gasteiger partial charge is 0.0985 e. The van der Waals surface area contributed by atoms with E-state index in [1.54, 1.807) is 0 Å². The minimum absolute atomic E-state index is 0.211. The molecule has 0 bridgehead atoms. The van der Waals surface area contributed by atoms with Gasteiger partial charge in [-0.15, -0.1) is 0 Å². The molecule has 128 valence electrons. The van der Waals surface area contributed by atoms with Crippen molar-refractivity contribution < 1.29 is 0 Å². The van der Waals surface area contributed by atoms with Crippen molar-refractivity contribution in [2.45, 2.75) is 18.9 Å². The Labute approximate surface area is 148 Å². The molecule has 1 aliphatic rings. The molecular formula is C21H24N4. The first-order chi connectivity index (χ1) is 11.9. The van der Waals surface area contributed by atoms with E-state index in [1.165, 1.54) is 22.0 Å². The second-order valence-electron chi connectivity index (χ2n) is 7.18. The van der Waals surface area contributed by atoms with Crippen LogP contribution >= 0.6 is 0 Å². The molecule has 1 aromatic carbocycles. The number of aryl methyl sites for hydroxylation is 1. The summed E-state index contributed by atoms with van der Waals surface area (Å²) in [7, 11) is 4.09. The van der Waals surface area contributed by atoms with Crippen LogP contribution in [0.5, 0.6) is 0 Å². The maximum atomic E-state index is 4.21. The minimum Gasteiger partial charge on any atom is -0.362 e. The van der Waals surface area contributed by atoms with E-state index in [0.29, 0.717) is 0 Å². The molecule has 1 fully saturated rings. The molecule has 25 heavy (non-hydrogen) atoms. The fourth-order valence-corrected chi connectivity index (χ4v) is 3.79. The van der Waals surface area contributed by atoms with Gasteiger partial charge in [-0.2, -0.15) is 0 Å². The predicted molar refractivity (Wildman–Crippen MR) is 104 cm³/mol. The summed E-state index contributed by atoms with van der Waals surface area (Å²) in [4.78, 5) is 5.34. The van der Waals surface area contributed by atoms with Gasteiger partial charge in [-0.05, 0) is 36.8 Å². The zero-order valence-electron chi connectivity index (χ0n) is 15.1. The fourth-order valence-electron chi connectivity index (χ4n) is 3.79. The third-order valence-corrected chi connectivity index (χ3v) is 5.37. The van der Waals surface area contributed by atoms with E-state index in [1.807, 2.05) is 24.2 Å². The number of aromatic nitrogens is 2. The second kappa shape index (κ2) is 5.31. The number of nitrogens with one attached hydrogen (secondary N) is 2. The fraction of sp³-hybridized carbons (Fsp3) is 0.238. The van der Waals surface area contributed by atoms with Crippen LogP contribution in [0, 0.1) is 0 Å². The van der Waals surface area contributed by atoms with Crippen molar-refractivity contribution in [3.63, 3.8) is 0 Å². The molecule has 0 amide bonds. The van der Waals surface area contributed by atoms with Crippen LogP contribution in [-0.2, 0) is 12.6 Å². The molecule has 4 rings (SSSR count). The number of H-pyrrole nitrogens is 1. The summed E-state index contributed by atoms with van der Waals surface area (Å²) in [6.07, 6.45) is 4.99. The van der Waals surface area contributed by atoms with Crippen molar-refractivity contribution >= 4 is 10.9 Å². The van der Waals surface area contributed by atoms with Gasteiger partial charge in [0.1, 0.15) is 0 Å². The first-order valence-corrected chi connectivity index (χ1v) is 8.51. The zero-order chi connectivity index (χ0) is 17.8. The number of aromatic amines is 1. The SMILES string of the molecule is C=C1C[C@@](C)(c2ccc3c(c2)c(-c2ccc[nH]2)cn3C)NC(=C)N1C. The lowest BCUT2D eigenvalue weighted by atomic mass is 9.84. The van der Waals surface area contributed by atoms with E-state index >= 15 is 0 Å². The van der Waals surface area contributed by atoms with Crippen molar-refractivity contribution in [1.29, 1.82) is 0 Å². The Hall–Kier alpha value is -2.88. The molecule has 1 saturated heterocycles. The highest BCUT2D eigenvalue weighted by Gasteiger charge is 2.34. The first kappa shape index (κ1) is 15.6. The van der Waals surface area contributed by atoms with Crippen LogP contribution in [-0.4, -0.2) is 21.5 Å². The van der Waals surface area contributed by atoms with E-state index in [-0.39, 0.29) is 5.54 Å². The second-order valence-corrected chi connectivity index (χ2v) is 7.18. The molecular weight excluding hydrogens is 308 g/mol. The normalized spacial score (nSPS) is 21.0. The summed E-state index contributed by atoms with van der Waals surface area (Å²) in [6.45, 7) is 10.6. The molecule has 3 aromatic rings. The minimum atomic E-state index is -0.211. The standard InChI is InChI=1S/C21H24N4/c1-14-12-21(3,23-15(2)25(14)5)16-8-9-20-17(11-16)18(13-24(20)4)19-7-6-10-22-19/h6-11,13,22-23H,1-2,12H2,3-5H3/t21-/m0/s1. The van der Waals surface area contributed by atoms with Gasteiger partial charge in [0.25, 0.3) is 0 Å². The van der Waals surface area contributed by atoms with Crippen molar-refractivity contribution in [1.82, 2.24) is 19.8 Å². The van der Waals surface area contributed by atoms with Gasteiger partial charge in [-0.25, -0.2) is 0 Å². The summed E-state index contributed by atoms with van der Waals surface area (Å²) < 4.78 is 2.18. The summed E-state index contributed by atoms with van der Waals surface area (Å²) >= 11 is 0. The summed E-state index contributed by atoms with van der Waals surface area (Å²) in [6, 6.07) is 10.9. The quantitative estimate of drug-likeness (QED) is 0.734. The molecule has 1 aliphatic heterocycles. The number of hydrogen-bond donors (Lipinski definition) is 2. The van der Waals surface area contributed by atoms with Gasteiger partial charge >= 0.3 is 0 Å². The van der Waals surface area contributed by atoms with Crippen LogP contribution in [0.1, 0.15) is 18.9 Å². The van der Waals surface area contributed by atoms with Gasteiger partial charge in [-0.1, -0.05) is 19.2 Å². The van der Waals surface area contributed by atoms with Crippen LogP contribution in [0.4, 0.5) is 0 Å². The third-order valence-electron chi connectivity index (χ3n) is 5.37. The first-order valence-electron chi connectivity index (χ1n) is 8.51. The molecule has 0 saturated carbocycles. The number of rotatable bonds is 2. The average Bonchev–Trinajstić information content (AvgIpc) is 3.20. The molecule has 2 N–H and O–H groups in total. The Balaban J connectivity index is 1.85. The Bertz CT molecular complexity index is 957. The number of hydrogen-bond acceptors (Lipinski definition) is 2. The van der Waals surface area contributed by atoms with Gasteiger partial charge in [0, 0.05) is 60.8 Å². The summed E-state index contributed by atoms with van der Waals surface area (Å²) in [5.74, 6) is 0.886. The van der Waals surface area contributed by atoms with Gasteiger partial charge in [0.05, 0.1) is 11.4 Å². The molecule has 3 heterocycles. The van der Waals surface area contributed by atoms with Gasteiger partial charge in [0.15, 0.2) is 0 Å². The van der Waals surface area contributed by atoms with Crippen molar-refractivity contribution in [2.75, 3.05) is 7.05 Å². The van der Waals surface area contributed by atoms with E-state index in [9.17, 15) is 0 Å². The lowest BCUT2D eigenvalue weighted by Gasteiger charge is -2.43. The maximum absolute atomic E-state index is 4.21. The lowest BCUT2D eigenvalue weighted by molar-refractivity contribution is 0.268. The highest BCUT2D eigenvalue weighted by atomic mass is 15.3.